The molecule has 0 spiro atoms. The second-order valence-corrected chi connectivity index (χ2v) is 16.1. The highest BCUT2D eigenvalue weighted by Crippen LogP contribution is 2.15. The third kappa shape index (κ3) is 41.5. The van der Waals surface area contributed by atoms with E-state index in [4.69, 9.17) is 4.74 Å². The Bertz CT molecular complexity index is 900. The molecule has 0 aliphatic rings. The Kier molecular flexibility index (Phi) is 43.2. The van der Waals surface area contributed by atoms with Gasteiger partial charge in [0.05, 0.1) is 25.4 Å². The summed E-state index contributed by atoms with van der Waals surface area (Å²) >= 11 is 0. The van der Waals surface area contributed by atoms with E-state index >= 15 is 0 Å². The number of carbonyl (C=O) groups is 2. The molecule has 0 bridgehead atoms. The van der Waals surface area contributed by atoms with Crippen LogP contribution >= 0.6 is 0 Å². The van der Waals surface area contributed by atoms with Crippen LogP contribution in [0.4, 0.5) is 0 Å². The Morgan fingerprint density at radius 1 is 0.509 bits per heavy atom. The summed E-state index contributed by atoms with van der Waals surface area (Å²) in [4.78, 5) is 24.3. The molecule has 0 fully saturated rings. The Hall–Kier alpha value is -1.92. The summed E-state index contributed by atoms with van der Waals surface area (Å²) in [6.45, 7) is 4.83. The van der Waals surface area contributed by atoms with Gasteiger partial charge in [0.2, 0.25) is 5.91 Å². The quantitative estimate of drug-likeness (QED) is 0.0326. The van der Waals surface area contributed by atoms with Crippen LogP contribution in [0.3, 0.4) is 0 Å². The zero-order chi connectivity index (χ0) is 40.1. The number of rotatable bonds is 43. The van der Waals surface area contributed by atoms with Gasteiger partial charge in [-0.2, -0.15) is 0 Å². The monoisotopic (exact) mass is 774 g/mol. The van der Waals surface area contributed by atoms with Crippen LogP contribution in [0.5, 0.6) is 0 Å². The lowest BCUT2D eigenvalue weighted by atomic mass is 10.0. The van der Waals surface area contributed by atoms with Crippen molar-refractivity contribution in [3.05, 3.63) is 36.5 Å². The van der Waals surface area contributed by atoms with Gasteiger partial charge in [-0.05, 0) is 83.5 Å². The first-order valence-electron chi connectivity index (χ1n) is 23.7. The maximum absolute atomic E-state index is 12.4. The van der Waals surface area contributed by atoms with E-state index in [1.807, 2.05) is 0 Å². The van der Waals surface area contributed by atoms with Crippen LogP contribution in [-0.4, -0.2) is 47.4 Å². The number of ether oxygens (including phenoxy) is 1. The van der Waals surface area contributed by atoms with E-state index in [-0.39, 0.29) is 18.5 Å². The summed E-state index contributed by atoms with van der Waals surface area (Å²) in [5.74, 6) is -0.0822. The molecule has 3 N–H and O–H groups in total. The van der Waals surface area contributed by atoms with E-state index in [2.05, 4.69) is 55.6 Å². The van der Waals surface area contributed by atoms with E-state index < -0.39 is 12.1 Å². The largest absolute Gasteiger partial charge is 0.466 e. The molecule has 0 radical (unpaired) electrons. The third-order valence-electron chi connectivity index (χ3n) is 10.7. The number of hydrogen-bond acceptors (Lipinski definition) is 5. The molecule has 0 aromatic rings. The molecule has 2 unspecified atom stereocenters. The van der Waals surface area contributed by atoms with Gasteiger partial charge < -0.3 is 20.3 Å². The molecule has 0 aromatic carbocycles. The maximum atomic E-state index is 12.4. The first-order valence-corrected chi connectivity index (χ1v) is 23.7. The van der Waals surface area contributed by atoms with Crippen LogP contribution in [0.1, 0.15) is 239 Å². The van der Waals surface area contributed by atoms with Crippen LogP contribution < -0.4 is 5.32 Å². The first-order chi connectivity index (χ1) is 27.0. The van der Waals surface area contributed by atoms with Crippen LogP contribution in [0.2, 0.25) is 0 Å². The Labute approximate surface area is 341 Å². The highest BCUT2D eigenvalue weighted by molar-refractivity contribution is 5.76. The Morgan fingerprint density at radius 3 is 1.45 bits per heavy atom. The molecule has 0 saturated heterocycles. The predicted molar refractivity (Wildman–Crippen MR) is 236 cm³/mol. The van der Waals surface area contributed by atoms with Crippen molar-refractivity contribution in [2.75, 3.05) is 13.2 Å². The number of amides is 1. The fourth-order valence-electron chi connectivity index (χ4n) is 6.94. The first kappa shape index (κ1) is 53.1. The number of allylic oxidation sites excluding steroid dienone is 6. The summed E-state index contributed by atoms with van der Waals surface area (Å²) in [5, 5.41) is 23.1. The van der Waals surface area contributed by atoms with Gasteiger partial charge in [-0.3, -0.25) is 9.59 Å². The van der Waals surface area contributed by atoms with Crippen molar-refractivity contribution in [1.29, 1.82) is 0 Å². The molecule has 0 aliphatic heterocycles. The average molecular weight is 774 g/mol. The molecular weight excluding hydrogens is 683 g/mol. The second kappa shape index (κ2) is 44.8. The van der Waals surface area contributed by atoms with E-state index in [0.717, 1.165) is 83.5 Å². The van der Waals surface area contributed by atoms with Gasteiger partial charge in [0, 0.05) is 12.8 Å². The number of nitrogens with one attached hydrogen (secondary N) is 1. The SMILES string of the molecule is CCCC/C=C\CCCCCCCC(=O)OCCCCC/C=C\C/C=C\CCCCCCCCCC(=O)NC(CO)C(O)CCCCCCCCCCCC. The van der Waals surface area contributed by atoms with Crippen molar-refractivity contribution >= 4 is 11.9 Å². The number of aliphatic hydroxyl groups excluding tert-OH is 2. The molecule has 0 saturated carbocycles. The lowest BCUT2D eigenvalue weighted by Crippen LogP contribution is -2.45. The fourth-order valence-corrected chi connectivity index (χ4v) is 6.94. The predicted octanol–water partition coefficient (Wildman–Crippen LogP) is 13.7. The standard InChI is InChI=1S/C49H91NO5/c1-3-5-7-9-11-13-22-27-31-35-39-43-49(54)55-44-40-36-32-28-24-21-19-17-15-16-18-20-23-26-30-34-38-42-48(53)50-46(45-51)47(52)41-37-33-29-25-14-12-10-8-6-4-2/h9,11,15,17,21,24,46-47,51-52H,3-8,10,12-14,16,18-20,22-23,25-45H2,1-2H3,(H,50,53)/b11-9-,17-15-,24-21-. The summed E-state index contributed by atoms with van der Waals surface area (Å²) < 4.78 is 5.41. The molecule has 0 heterocycles. The van der Waals surface area contributed by atoms with Gasteiger partial charge in [-0.15, -0.1) is 0 Å². The molecule has 6 nitrogen and oxygen atoms in total. The summed E-state index contributed by atoms with van der Waals surface area (Å²) in [7, 11) is 0. The van der Waals surface area contributed by atoms with Crippen molar-refractivity contribution in [3.63, 3.8) is 0 Å². The molecule has 0 aromatic heterocycles. The lowest BCUT2D eigenvalue weighted by Gasteiger charge is -2.22. The van der Waals surface area contributed by atoms with E-state index in [0.29, 0.717) is 25.9 Å². The van der Waals surface area contributed by atoms with Crippen molar-refractivity contribution in [2.45, 2.75) is 251 Å². The zero-order valence-corrected chi connectivity index (χ0v) is 36.4. The van der Waals surface area contributed by atoms with Crippen molar-refractivity contribution in [1.82, 2.24) is 5.32 Å². The minimum Gasteiger partial charge on any atom is -0.466 e. The molecular formula is C49H91NO5. The molecule has 2 atom stereocenters. The number of aliphatic hydroxyl groups is 2. The van der Waals surface area contributed by atoms with Gasteiger partial charge in [-0.1, -0.05) is 179 Å². The second-order valence-electron chi connectivity index (χ2n) is 16.1. The number of unbranched alkanes of at least 4 members (excludes halogenated alkanes) is 26. The normalized spacial score (nSPS) is 13.0. The van der Waals surface area contributed by atoms with E-state index in [1.54, 1.807) is 0 Å². The summed E-state index contributed by atoms with van der Waals surface area (Å²) in [5.41, 5.74) is 0. The van der Waals surface area contributed by atoms with Crippen molar-refractivity contribution in [2.24, 2.45) is 0 Å². The zero-order valence-electron chi connectivity index (χ0n) is 36.4. The van der Waals surface area contributed by atoms with Crippen LogP contribution in [0.25, 0.3) is 0 Å². The van der Waals surface area contributed by atoms with Crippen LogP contribution in [0, 0.1) is 0 Å². The van der Waals surface area contributed by atoms with E-state index in [1.165, 1.54) is 122 Å². The van der Waals surface area contributed by atoms with Gasteiger partial charge >= 0.3 is 5.97 Å². The van der Waals surface area contributed by atoms with Crippen LogP contribution in [-0.2, 0) is 14.3 Å². The molecule has 0 aliphatic carbocycles. The molecule has 0 rings (SSSR count). The highest BCUT2D eigenvalue weighted by Gasteiger charge is 2.20. The topological polar surface area (TPSA) is 95.9 Å². The van der Waals surface area contributed by atoms with E-state index in [9.17, 15) is 19.8 Å². The number of hydrogen-bond donors (Lipinski definition) is 3. The lowest BCUT2D eigenvalue weighted by molar-refractivity contribution is -0.143. The van der Waals surface area contributed by atoms with Gasteiger partial charge in [0.25, 0.3) is 0 Å². The maximum Gasteiger partial charge on any atom is 0.305 e. The fraction of sp³-hybridized carbons (Fsp3) is 0.837. The Morgan fingerprint density at radius 2 is 0.927 bits per heavy atom. The molecule has 1 amide bonds. The molecule has 6 heteroatoms. The Balaban J connectivity index is 3.52. The minimum absolute atomic E-state index is 0.0276. The highest BCUT2D eigenvalue weighted by atomic mass is 16.5. The van der Waals surface area contributed by atoms with Crippen LogP contribution in [0.15, 0.2) is 36.5 Å². The minimum atomic E-state index is -0.673. The third-order valence-corrected chi connectivity index (χ3v) is 10.7. The number of carbonyl (C=O) groups excluding carboxylic acids is 2. The average Bonchev–Trinajstić information content (AvgIpc) is 3.18. The number of esters is 1. The van der Waals surface area contributed by atoms with Crippen molar-refractivity contribution < 1.29 is 24.5 Å². The van der Waals surface area contributed by atoms with Crippen molar-refractivity contribution in [3.8, 4) is 0 Å². The van der Waals surface area contributed by atoms with Gasteiger partial charge in [0.1, 0.15) is 0 Å². The molecule has 322 valence electrons. The molecule has 55 heavy (non-hydrogen) atoms. The summed E-state index contributed by atoms with van der Waals surface area (Å²) in [6, 6.07) is -0.552. The smallest absolute Gasteiger partial charge is 0.305 e. The summed E-state index contributed by atoms with van der Waals surface area (Å²) in [6.07, 6.45) is 52.5. The van der Waals surface area contributed by atoms with Gasteiger partial charge in [-0.25, -0.2) is 0 Å². The van der Waals surface area contributed by atoms with Gasteiger partial charge in [0.15, 0.2) is 0 Å².